The Kier molecular flexibility index (Phi) is 2.60. The number of aromatic nitrogens is 1. The van der Waals surface area contributed by atoms with Gasteiger partial charge in [-0.25, -0.2) is 4.98 Å². The summed E-state index contributed by atoms with van der Waals surface area (Å²) in [6.45, 7) is 7.72. The van der Waals surface area contributed by atoms with Crippen molar-refractivity contribution in [3.8, 4) is 0 Å². The number of allylic oxidation sites excluding steroid dienone is 1. The van der Waals surface area contributed by atoms with Gasteiger partial charge in [-0.15, -0.1) is 11.3 Å². The van der Waals surface area contributed by atoms with Gasteiger partial charge in [0.2, 0.25) is 0 Å². The summed E-state index contributed by atoms with van der Waals surface area (Å²) in [5.74, 6) is 0. The molecular weight excluding hydrogens is 154 g/mol. The van der Waals surface area contributed by atoms with Crippen LogP contribution < -0.4 is 0 Å². The van der Waals surface area contributed by atoms with E-state index in [-0.39, 0.29) is 0 Å². The van der Waals surface area contributed by atoms with Crippen LogP contribution in [0.3, 0.4) is 0 Å². The molecule has 0 amide bonds. The van der Waals surface area contributed by atoms with Crippen LogP contribution in [0.25, 0.3) is 12.2 Å². The molecule has 1 aromatic rings. The van der Waals surface area contributed by atoms with Gasteiger partial charge < -0.3 is 0 Å². The molecule has 58 valence electrons. The van der Waals surface area contributed by atoms with Crippen LogP contribution in [0.4, 0.5) is 0 Å². The van der Waals surface area contributed by atoms with Crippen molar-refractivity contribution in [3.63, 3.8) is 0 Å². The van der Waals surface area contributed by atoms with Crippen LogP contribution in [-0.2, 0) is 0 Å². The summed E-state index contributed by atoms with van der Waals surface area (Å²) in [7, 11) is 0. The fraction of sp³-hybridized carbons (Fsp3) is 0.222. The number of nitrogens with zero attached hydrogens (tertiary/aromatic N) is 1. The molecule has 0 atom stereocenters. The second kappa shape index (κ2) is 3.49. The quantitative estimate of drug-likeness (QED) is 0.656. The highest BCUT2D eigenvalue weighted by molar-refractivity contribution is 7.12. The van der Waals surface area contributed by atoms with Gasteiger partial charge in [0.25, 0.3) is 0 Å². The van der Waals surface area contributed by atoms with Crippen molar-refractivity contribution in [1.29, 1.82) is 0 Å². The van der Waals surface area contributed by atoms with Crippen molar-refractivity contribution in [1.82, 2.24) is 4.98 Å². The van der Waals surface area contributed by atoms with Gasteiger partial charge in [-0.05, 0) is 26.0 Å². The van der Waals surface area contributed by atoms with Gasteiger partial charge in [-0.3, -0.25) is 0 Å². The lowest BCUT2D eigenvalue weighted by atomic mass is 10.3. The summed E-state index contributed by atoms with van der Waals surface area (Å²) in [6.07, 6.45) is 5.84. The Labute approximate surface area is 71.1 Å². The zero-order chi connectivity index (χ0) is 8.27. The van der Waals surface area contributed by atoms with E-state index in [1.807, 2.05) is 32.1 Å². The molecule has 0 saturated carbocycles. The lowest BCUT2D eigenvalue weighted by molar-refractivity contribution is 1.27. The Morgan fingerprint density at radius 1 is 1.55 bits per heavy atom. The Morgan fingerprint density at radius 2 is 2.27 bits per heavy atom. The SMILES string of the molecule is C=Cc1sc(C)nc1/C=C\C. The van der Waals surface area contributed by atoms with E-state index >= 15 is 0 Å². The van der Waals surface area contributed by atoms with Crippen molar-refractivity contribution in [3.05, 3.63) is 28.2 Å². The van der Waals surface area contributed by atoms with Gasteiger partial charge in [0.15, 0.2) is 0 Å². The standard InChI is InChI=1S/C9H11NS/c1-4-6-8-9(5-2)11-7(3)10-8/h4-6H,2H2,1,3H3/b6-4-. The Hall–Kier alpha value is -0.890. The molecule has 0 saturated heterocycles. The number of hydrogen-bond acceptors (Lipinski definition) is 2. The average molecular weight is 165 g/mol. The molecule has 11 heavy (non-hydrogen) atoms. The van der Waals surface area contributed by atoms with Crippen molar-refractivity contribution < 1.29 is 0 Å². The van der Waals surface area contributed by atoms with Crippen LogP contribution in [0.5, 0.6) is 0 Å². The Balaban J connectivity index is 3.11. The first-order valence-electron chi connectivity index (χ1n) is 3.50. The first kappa shape index (κ1) is 8.21. The number of hydrogen-bond donors (Lipinski definition) is 0. The van der Waals surface area contributed by atoms with E-state index in [0.29, 0.717) is 0 Å². The lowest BCUT2D eigenvalue weighted by Gasteiger charge is -1.84. The average Bonchev–Trinajstić information content (AvgIpc) is 2.32. The third-order valence-electron chi connectivity index (χ3n) is 1.30. The monoisotopic (exact) mass is 165 g/mol. The number of rotatable bonds is 2. The molecule has 1 rings (SSSR count). The van der Waals surface area contributed by atoms with Gasteiger partial charge in [0.1, 0.15) is 0 Å². The Morgan fingerprint density at radius 3 is 2.82 bits per heavy atom. The van der Waals surface area contributed by atoms with Gasteiger partial charge in [0, 0.05) is 0 Å². The molecule has 0 aliphatic heterocycles. The summed E-state index contributed by atoms with van der Waals surface area (Å²) < 4.78 is 0. The molecule has 1 nitrogen and oxygen atoms in total. The predicted octanol–water partition coefficient (Wildman–Crippen LogP) is 3.13. The van der Waals surface area contributed by atoms with Crippen LogP contribution in [0.2, 0.25) is 0 Å². The van der Waals surface area contributed by atoms with Crippen molar-refractivity contribution in [2.45, 2.75) is 13.8 Å². The molecule has 0 radical (unpaired) electrons. The molecule has 0 aliphatic carbocycles. The minimum absolute atomic E-state index is 1.03. The number of thiazole rings is 1. The highest BCUT2D eigenvalue weighted by atomic mass is 32.1. The van der Waals surface area contributed by atoms with Crippen LogP contribution >= 0.6 is 11.3 Å². The molecule has 0 aromatic carbocycles. The maximum Gasteiger partial charge on any atom is 0.0907 e. The molecule has 0 unspecified atom stereocenters. The molecule has 0 N–H and O–H groups in total. The summed E-state index contributed by atoms with van der Waals surface area (Å²) in [5.41, 5.74) is 1.03. The van der Waals surface area contributed by atoms with E-state index in [1.165, 1.54) is 0 Å². The lowest BCUT2D eigenvalue weighted by Crippen LogP contribution is -1.73. The van der Waals surface area contributed by atoms with Gasteiger partial charge >= 0.3 is 0 Å². The predicted molar refractivity (Wildman–Crippen MR) is 51.7 cm³/mol. The van der Waals surface area contributed by atoms with Crippen LogP contribution in [0, 0.1) is 6.92 Å². The fourth-order valence-corrected chi connectivity index (χ4v) is 1.65. The van der Waals surface area contributed by atoms with E-state index < -0.39 is 0 Å². The highest BCUT2D eigenvalue weighted by Crippen LogP contribution is 2.19. The second-order valence-corrected chi connectivity index (χ2v) is 3.42. The topological polar surface area (TPSA) is 12.9 Å². The Bertz CT molecular complexity index is 284. The van der Waals surface area contributed by atoms with Gasteiger partial charge in [-0.2, -0.15) is 0 Å². The molecule has 0 fully saturated rings. The van der Waals surface area contributed by atoms with Crippen molar-refractivity contribution in [2.24, 2.45) is 0 Å². The maximum atomic E-state index is 4.33. The smallest absolute Gasteiger partial charge is 0.0907 e. The van der Waals surface area contributed by atoms with E-state index in [4.69, 9.17) is 0 Å². The van der Waals surface area contributed by atoms with Crippen molar-refractivity contribution in [2.75, 3.05) is 0 Å². The van der Waals surface area contributed by atoms with Crippen molar-refractivity contribution >= 4 is 23.5 Å². The normalized spacial score (nSPS) is 10.7. The summed E-state index contributed by atoms with van der Waals surface area (Å²) in [6, 6.07) is 0. The van der Waals surface area contributed by atoms with Crippen LogP contribution in [-0.4, -0.2) is 4.98 Å². The van der Waals surface area contributed by atoms with Crippen LogP contribution in [0.15, 0.2) is 12.7 Å². The van der Waals surface area contributed by atoms with E-state index in [2.05, 4.69) is 11.6 Å². The molecular formula is C9H11NS. The fourth-order valence-electron chi connectivity index (χ4n) is 0.882. The van der Waals surface area contributed by atoms with E-state index in [9.17, 15) is 0 Å². The van der Waals surface area contributed by atoms with Gasteiger partial charge in [-0.1, -0.05) is 12.7 Å². The largest absolute Gasteiger partial charge is 0.242 e. The second-order valence-electron chi connectivity index (χ2n) is 2.19. The molecule has 0 aliphatic rings. The summed E-state index contributed by atoms with van der Waals surface area (Å²) in [4.78, 5) is 5.48. The third-order valence-corrected chi connectivity index (χ3v) is 2.28. The molecule has 0 bridgehead atoms. The number of aryl methyl sites for hydroxylation is 1. The first-order chi connectivity index (χ1) is 5.27. The highest BCUT2D eigenvalue weighted by Gasteiger charge is 2.00. The minimum Gasteiger partial charge on any atom is -0.242 e. The van der Waals surface area contributed by atoms with E-state index in [0.717, 1.165) is 15.6 Å². The molecule has 1 heterocycles. The summed E-state index contributed by atoms with van der Waals surface area (Å²) in [5, 5.41) is 1.09. The first-order valence-corrected chi connectivity index (χ1v) is 4.32. The minimum atomic E-state index is 1.03. The molecule has 0 spiro atoms. The van der Waals surface area contributed by atoms with E-state index in [1.54, 1.807) is 11.3 Å². The zero-order valence-corrected chi connectivity index (χ0v) is 7.61. The third kappa shape index (κ3) is 1.77. The zero-order valence-electron chi connectivity index (χ0n) is 6.79. The van der Waals surface area contributed by atoms with Crippen LogP contribution in [0.1, 0.15) is 22.5 Å². The molecule has 2 heteroatoms. The van der Waals surface area contributed by atoms with Gasteiger partial charge in [0.05, 0.1) is 15.6 Å². The molecule has 1 aromatic heterocycles. The summed E-state index contributed by atoms with van der Waals surface area (Å²) >= 11 is 1.67. The maximum absolute atomic E-state index is 4.33.